The molecule has 3 aliphatic heterocycles. The van der Waals surface area contributed by atoms with Crippen molar-refractivity contribution in [3.8, 4) is 0 Å². The van der Waals surface area contributed by atoms with Crippen LogP contribution in [0.1, 0.15) is 19.8 Å². The number of rotatable bonds is 4. The third-order valence-corrected chi connectivity index (χ3v) is 3.53. The van der Waals surface area contributed by atoms with Gasteiger partial charge in [-0.1, -0.05) is 0 Å². The smallest absolute Gasteiger partial charge is 0.315 e. The van der Waals surface area contributed by atoms with Crippen molar-refractivity contribution in [2.45, 2.75) is 43.6 Å². The summed E-state index contributed by atoms with van der Waals surface area (Å²) >= 11 is 0. The van der Waals surface area contributed by atoms with Crippen LogP contribution in [0.4, 0.5) is 4.79 Å². The maximum atomic E-state index is 11.4. The van der Waals surface area contributed by atoms with Gasteiger partial charge in [-0.25, -0.2) is 4.79 Å². The fourth-order valence-electron chi connectivity index (χ4n) is 2.43. The van der Waals surface area contributed by atoms with E-state index in [1.54, 1.807) is 0 Å². The summed E-state index contributed by atoms with van der Waals surface area (Å²) in [6.07, 6.45) is 2.44. The summed E-state index contributed by atoms with van der Waals surface area (Å²) in [7, 11) is 0. The summed E-state index contributed by atoms with van der Waals surface area (Å²) in [6.45, 7) is 3.70. The molecule has 3 fully saturated rings. The van der Waals surface area contributed by atoms with E-state index in [0.29, 0.717) is 12.2 Å². The van der Waals surface area contributed by atoms with Crippen LogP contribution in [-0.4, -0.2) is 43.0 Å². The van der Waals surface area contributed by atoms with Crippen LogP contribution in [-0.2, 0) is 9.47 Å². The molecule has 0 aromatic heterocycles. The highest BCUT2D eigenvalue weighted by Gasteiger charge is 2.50. The quantitative estimate of drug-likeness (QED) is 0.645. The predicted octanol–water partition coefficient (Wildman–Crippen LogP) is 0.00430. The number of amides is 2. The zero-order chi connectivity index (χ0) is 10.5. The van der Waals surface area contributed by atoms with E-state index in [4.69, 9.17) is 9.47 Å². The maximum absolute atomic E-state index is 11.4. The van der Waals surface area contributed by atoms with Crippen molar-refractivity contribution < 1.29 is 14.3 Å². The lowest BCUT2D eigenvalue weighted by Gasteiger charge is -2.31. The van der Waals surface area contributed by atoms with Crippen molar-refractivity contribution in [3.63, 3.8) is 0 Å². The number of hydrogen-bond acceptors (Lipinski definition) is 3. The number of ether oxygens (including phenoxy) is 2. The summed E-state index contributed by atoms with van der Waals surface area (Å²) in [5.74, 6) is 0. The van der Waals surface area contributed by atoms with Gasteiger partial charge in [0.15, 0.2) is 0 Å². The molecule has 84 valence electrons. The lowest BCUT2D eigenvalue weighted by atomic mass is 9.83. The van der Waals surface area contributed by atoms with Gasteiger partial charge in [0.2, 0.25) is 0 Å². The van der Waals surface area contributed by atoms with Gasteiger partial charge in [-0.2, -0.15) is 0 Å². The average molecular weight is 212 g/mol. The molecule has 15 heavy (non-hydrogen) atoms. The number of carbonyl (C=O) groups excluding carboxylic acids is 1. The second-order valence-electron chi connectivity index (χ2n) is 4.80. The van der Waals surface area contributed by atoms with Crippen molar-refractivity contribution in [1.29, 1.82) is 0 Å². The van der Waals surface area contributed by atoms with Crippen molar-refractivity contribution in [2.24, 2.45) is 0 Å². The van der Waals surface area contributed by atoms with Crippen LogP contribution in [0.25, 0.3) is 0 Å². The van der Waals surface area contributed by atoms with Gasteiger partial charge in [0, 0.05) is 12.8 Å². The molecule has 0 radical (unpaired) electrons. The molecule has 3 atom stereocenters. The van der Waals surface area contributed by atoms with E-state index in [-0.39, 0.29) is 17.6 Å². The first-order valence-corrected chi connectivity index (χ1v) is 5.50. The molecule has 0 bridgehead atoms. The molecule has 3 unspecified atom stereocenters. The molecule has 2 amide bonds. The van der Waals surface area contributed by atoms with Gasteiger partial charge in [0.25, 0.3) is 0 Å². The molecule has 0 aromatic rings. The Morgan fingerprint density at radius 1 is 1.33 bits per heavy atom. The van der Waals surface area contributed by atoms with Gasteiger partial charge in [-0.3, -0.25) is 0 Å². The topological polar surface area (TPSA) is 66.2 Å². The van der Waals surface area contributed by atoms with Crippen LogP contribution in [0, 0.1) is 0 Å². The van der Waals surface area contributed by atoms with Crippen molar-refractivity contribution in [1.82, 2.24) is 10.6 Å². The first-order chi connectivity index (χ1) is 7.18. The molecular weight excluding hydrogens is 196 g/mol. The molecule has 0 saturated carbocycles. The summed E-state index contributed by atoms with van der Waals surface area (Å²) in [4.78, 5) is 11.4. The Labute approximate surface area is 88.5 Å². The highest BCUT2D eigenvalue weighted by atomic mass is 16.6. The maximum Gasteiger partial charge on any atom is 0.315 e. The minimum absolute atomic E-state index is 0.0659. The predicted molar refractivity (Wildman–Crippen MR) is 52.6 cm³/mol. The standard InChI is InChI=1S/C10H16N2O3/c1-6-10(2-7-4-14-7,3-8-5-15-8)12-9(13)11-6/h6-8H,2-5H2,1H3,(H2,11,12,13). The Hall–Kier alpha value is -0.810. The number of hydrogen-bond donors (Lipinski definition) is 2. The van der Waals surface area contributed by atoms with Crippen LogP contribution in [0.15, 0.2) is 0 Å². The molecule has 0 aliphatic carbocycles. The second-order valence-corrected chi connectivity index (χ2v) is 4.80. The Bertz CT molecular complexity index is 272. The molecule has 3 saturated heterocycles. The molecule has 0 spiro atoms. The third kappa shape index (κ3) is 1.81. The van der Waals surface area contributed by atoms with Crippen LogP contribution in [0.5, 0.6) is 0 Å². The molecule has 3 aliphatic rings. The molecule has 0 aromatic carbocycles. The Morgan fingerprint density at radius 2 is 1.87 bits per heavy atom. The lowest BCUT2D eigenvalue weighted by Crippen LogP contribution is -2.50. The zero-order valence-corrected chi connectivity index (χ0v) is 8.79. The Balaban J connectivity index is 1.74. The largest absolute Gasteiger partial charge is 0.373 e. The minimum Gasteiger partial charge on any atom is -0.373 e. The molecule has 2 N–H and O–H groups in total. The van der Waals surface area contributed by atoms with E-state index in [1.807, 2.05) is 6.92 Å². The van der Waals surface area contributed by atoms with Crippen molar-refractivity contribution >= 4 is 6.03 Å². The van der Waals surface area contributed by atoms with E-state index >= 15 is 0 Å². The highest BCUT2D eigenvalue weighted by molar-refractivity contribution is 5.78. The van der Waals surface area contributed by atoms with E-state index in [1.165, 1.54) is 0 Å². The average Bonchev–Trinajstić information content (AvgIpc) is 2.99. The van der Waals surface area contributed by atoms with E-state index < -0.39 is 0 Å². The van der Waals surface area contributed by atoms with Crippen LogP contribution in [0.3, 0.4) is 0 Å². The Morgan fingerprint density at radius 3 is 2.20 bits per heavy atom. The van der Waals surface area contributed by atoms with Gasteiger partial charge < -0.3 is 20.1 Å². The summed E-state index contributed by atoms with van der Waals surface area (Å²) in [6, 6.07) is 0.0854. The third-order valence-electron chi connectivity index (χ3n) is 3.53. The molecular formula is C10H16N2O3. The van der Waals surface area contributed by atoms with Gasteiger partial charge in [-0.05, 0) is 6.92 Å². The number of epoxide rings is 2. The molecule has 3 rings (SSSR count). The van der Waals surface area contributed by atoms with Gasteiger partial charge in [-0.15, -0.1) is 0 Å². The van der Waals surface area contributed by atoms with E-state index in [9.17, 15) is 4.79 Å². The number of urea groups is 1. The van der Waals surface area contributed by atoms with Crippen LogP contribution < -0.4 is 10.6 Å². The number of carbonyl (C=O) groups is 1. The SMILES string of the molecule is CC1NC(=O)NC1(CC1CO1)CC1CO1. The first-order valence-electron chi connectivity index (χ1n) is 5.50. The molecule has 5 heteroatoms. The van der Waals surface area contributed by atoms with Crippen LogP contribution in [0.2, 0.25) is 0 Å². The second kappa shape index (κ2) is 3.09. The highest BCUT2D eigenvalue weighted by Crippen LogP contribution is 2.35. The zero-order valence-electron chi connectivity index (χ0n) is 8.79. The fraction of sp³-hybridized carbons (Fsp3) is 0.900. The van der Waals surface area contributed by atoms with E-state index in [0.717, 1.165) is 26.1 Å². The number of nitrogens with one attached hydrogen (secondary N) is 2. The summed E-state index contributed by atoms with van der Waals surface area (Å²) in [5, 5.41) is 5.96. The first kappa shape index (κ1) is 9.42. The van der Waals surface area contributed by atoms with Gasteiger partial charge in [0.1, 0.15) is 0 Å². The minimum atomic E-state index is -0.167. The molecule has 5 nitrogen and oxygen atoms in total. The molecule has 3 heterocycles. The summed E-state index contributed by atoms with van der Waals surface area (Å²) in [5.41, 5.74) is -0.167. The van der Waals surface area contributed by atoms with Gasteiger partial charge >= 0.3 is 6.03 Å². The normalized spacial score (nSPS) is 47.3. The fourth-order valence-corrected chi connectivity index (χ4v) is 2.43. The van der Waals surface area contributed by atoms with Crippen molar-refractivity contribution in [2.75, 3.05) is 13.2 Å². The van der Waals surface area contributed by atoms with Crippen molar-refractivity contribution in [3.05, 3.63) is 0 Å². The lowest BCUT2D eigenvalue weighted by molar-refractivity contribution is 0.222. The Kier molecular flexibility index (Phi) is 1.94. The van der Waals surface area contributed by atoms with Crippen LogP contribution >= 0.6 is 0 Å². The van der Waals surface area contributed by atoms with E-state index in [2.05, 4.69) is 10.6 Å². The van der Waals surface area contributed by atoms with Gasteiger partial charge in [0.05, 0.1) is 37.0 Å². The summed E-state index contributed by atoms with van der Waals surface area (Å²) < 4.78 is 10.5. The monoisotopic (exact) mass is 212 g/mol.